The Morgan fingerprint density at radius 3 is 1.61 bits per heavy atom. The standard InChI is InChI=1S/C10H8O9S3.Na.H/c11-20(12,13)7-1-2-9-6(3-7)4-8(21(14,15)16)5-10(9)22(17,18)19;;/h1-5H,(H,11,12,13)(H,14,15,16)(H,17,18,19);;/q;+1;-1. The van der Waals surface area contributed by atoms with Crippen molar-refractivity contribution < 1.29 is 69.9 Å². The minimum absolute atomic E-state index is 0. The van der Waals surface area contributed by atoms with Crippen LogP contribution in [0.15, 0.2) is 45.0 Å². The number of hydrogen-bond donors (Lipinski definition) is 3. The van der Waals surface area contributed by atoms with Crippen LogP contribution >= 0.6 is 0 Å². The molecule has 0 aromatic heterocycles. The van der Waals surface area contributed by atoms with Gasteiger partial charge in [-0.3, -0.25) is 13.7 Å². The van der Waals surface area contributed by atoms with Gasteiger partial charge in [-0.05, 0) is 29.7 Å². The Bertz CT molecular complexity index is 1090. The molecule has 0 bridgehead atoms. The summed E-state index contributed by atoms with van der Waals surface area (Å²) in [6.45, 7) is 0. The molecule has 0 saturated carbocycles. The van der Waals surface area contributed by atoms with Crippen molar-refractivity contribution in [2.45, 2.75) is 14.7 Å². The van der Waals surface area contributed by atoms with E-state index in [0.29, 0.717) is 6.07 Å². The molecule has 0 amide bonds. The first-order chi connectivity index (χ1) is 9.80. The third kappa shape index (κ3) is 4.49. The van der Waals surface area contributed by atoms with Gasteiger partial charge >= 0.3 is 29.6 Å². The molecule has 2 aromatic carbocycles. The van der Waals surface area contributed by atoms with E-state index in [4.69, 9.17) is 13.7 Å². The van der Waals surface area contributed by atoms with Crippen molar-refractivity contribution in [2.24, 2.45) is 0 Å². The number of hydrogen-bond acceptors (Lipinski definition) is 6. The zero-order valence-corrected chi connectivity index (χ0v) is 15.9. The van der Waals surface area contributed by atoms with Crippen LogP contribution in [0.2, 0.25) is 0 Å². The second-order valence-electron chi connectivity index (χ2n) is 4.23. The summed E-state index contributed by atoms with van der Waals surface area (Å²) >= 11 is 0. The summed E-state index contributed by atoms with van der Waals surface area (Å²) in [7, 11) is -14.3. The Morgan fingerprint density at radius 1 is 0.696 bits per heavy atom. The second-order valence-corrected chi connectivity index (χ2v) is 8.46. The van der Waals surface area contributed by atoms with Gasteiger partial charge in [0.25, 0.3) is 30.4 Å². The summed E-state index contributed by atoms with van der Waals surface area (Å²) in [6, 6.07) is 3.97. The van der Waals surface area contributed by atoms with E-state index in [-0.39, 0.29) is 41.8 Å². The molecule has 0 spiro atoms. The van der Waals surface area contributed by atoms with Gasteiger partial charge in [-0.1, -0.05) is 6.07 Å². The van der Waals surface area contributed by atoms with Crippen LogP contribution in [0.3, 0.4) is 0 Å². The van der Waals surface area contributed by atoms with Gasteiger partial charge < -0.3 is 1.43 Å². The maximum absolute atomic E-state index is 11.3. The van der Waals surface area contributed by atoms with Gasteiger partial charge in [-0.2, -0.15) is 25.3 Å². The first kappa shape index (κ1) is 20.5. The van der Waals surface area contributed by atoms with Gasteiger partial charge in [-0.25, -0.2) is 0 Å². The minimum atomic E-state index is -4.85. The molecule has 13 heteroatoms. The van der Waals surface area contributed by atoms with Crippen molar-refractivity contribution in [2.75, 3.05) is 0 Å². The van der Waals surface area contributed by atoms with E-state index in [9.17, 15) is 25.3 Å². The summed E-state index contributed by atoms with van der Waals surface area (Å²) in [5, 5.41) is -0.430. The van der Waals surface area contributed by atoms with Crippen molar-refractivity contribution in [3.8, 4) is 0 Å². The monoisotopic (exact) mass is 392 g/mol. The average Bonchev–Trinajstić information content (AvgIpc) is 2.33. The summed E-state index contributed by atoms with van der Waals surface area (Å²) in [6.07, 6.45) is 0. The molecule has 2 aromatic rings. The summed E-state index contributed by atoms with van der Waals surface area (Å²) in [4.78, 5) is -2.31. The van der Waals surface area contributed by atoms with Crippen LogP contribution in [0.5, 0.6) is 0 Å². The maximum atomic E-state index is 11.3. The molecule has 0 aliphatic rings. The average molecular weight is 392 g/mol. The largest absolute Gasteiger partial charge is 1.00 e. The fraction of sp³-hybridized carbons (Fsp3) is 0. The Balaban J connectivity index is 0.00000264. The molecule has 0 aliphatic heterocycles. The van der Waals surface area contributed by atoms with Crippen LogP contribution < -0.4 is 29.6 Å². The molecule has 0 unspecified atom stereocenters. The number of fused-ring (bicyclic) bond motifs is 1. The SMILES string of the molecule is O=S(=O)(O)c1ccc2c(S(=O)(=O)O)cc(S(=O)(=O)O)cc2c1.[H-].[Na+]. The van der Waals surface area contributed by atoms with Crippen LogP contribution in [0.4, 0.5) is 0 Å². The van der Waals surface area contributed by atoms with Gasteiger partial charge in [0.2, 0.25) is 0 Å². The normalized spacial score (nSPS) is 12.8. The molecule has 0 saturated heterocycles. The van der Waals surface area contributed by atoms with Crippen LogP contribution in [0.25, 0.3) is 10.8 Å². The topological polar surface area (TPSA) is 163 Å². The second kappa shape index (κ2) is 6.38. The Morgan fingerprint density at radius 2 is 1.17 bits per heavy atom. The van der Waals surface area contributed by atoms with E-state index in [1.54, 1.807) is 0 Å². The maximum Gasteiger partial charge on any atom is 1.00 e. The van der Waals surface area contributed by atoms with E-state index in [0.717, 1.165) is 24.3 Å². The van der Waals surface area contributed by atoms with Crippen LogP contribution in [0, 0.1) is 0 Å². The zero-order chi connectivity index (χ0) is 16.9. The van der Waals surface area contributed by atoms with Crippen molar-refractivity contribution in [1.82, 2.24) is 0 Å². The van der Waals surface area contributed by atoms with Gasteiger partial charge in [0.15, 0.2) is 0 Å². The minimum Gasteiger partial charge on any atom is -1.00 e. The first-order valence-electron chi connectivity index (χ1n) is 5.30. The van der Waals surface area contributed by atoms with Gasteiger partial charge in [-0.15, -0.1) is 0 Å². The predicted molar refractivity (Wildman–Crippen MR) is 74.5 cm³/mol. The van der Waals surface area contributed by atoms with E-state index in [1.807, 2.05) is 0 Å². The molecule has 0 fully saturated rings. The molecule has 3 N–H and O–H groups in total. The molecule has 0 aliphatic carbocycles. The van der Waals surface area contributed by atoms with E-state index >= 15 is 0 Å². The molecule has 122 valence electrons. The molecule has 0 atom stereocenters. The summed E-state index contributed by atoms with van der Waals surface area (Å²) in [5.74, 6) is 0. The van der Waals surface area contributed by atoms with Gasteiger partial charge in [0.05, 0.1) is 9.79 Å². The van der Waals surface area contributed by atoms with E-state index in [1.165, 1.54) is 0 Å². The molecule has 0 heterocycles. The smallest absolute Gasteiger partial charge is 1.00 e. The Hall–Kier alpha value is -0.570. The third-order valence-corrected chi connectivity index (χ3v) is 5.31. The molecule has 9 nitrogen and oxygen atoms in total. The quantitative estimate of drug-likeness (QED) is 0.385. The zero-order valence-electron chi connectivity index (χ0n) is 12.4. The van der Waals surface area contributed by atoms with Crippen molar-refractivity contribution in [3.63, 3.8) is 0 Å². The van der Waals surface area contributed by atoms with E-state index < -0.39 is 45.0 Å². The molecule has 23 heavy (non-hydrogen) atoms. The molecule has 0 radical (unpaired) electrons. The van der Waals surface area contributed by atoms with Crippen molar-refractivity contribution in [3.05, 3.63) is 30.3 Å². The predicted octanol–water partition coefficient (Wildman–Crippen LogP) is -2.30. The fourth-order valence-electron chi connectivity index (χ4n) is 1.81. The number of benzene rings is 2. The van der Waals surface area contributed by atoms with Crippen LogP contribution in [0.1, 0.15) is 1.43 Å². The van der Waals surface area contributed by atoms with Gasteiger partial charge in [0, 0.05) is 5.39 Å². The first-order valence-corrected chi connectivity index (χ1v) is 9.62. The summed E-state index contributed by atoms with van der Waals surface area (Å²) in [5.41, 5.74) is 0. The molecular formula is C10H9NaO9S3. The number of rotatable bonds is 3. The Labute approximate surface area is 155 Å². The third-order valence-electron chi connectivity index (χ3n) is 2.73. The van der Waals surface area contributed by atoms with Crippen molar-refractivity contribution in [1.29, 1.82) is 0 Å². The molecule has 2 rings (SSSR count). The summed E-state index contributed by atoms with van der Waals surface area (Å²) < 4.78 is 94.1. The fourth-order valence-corrected chi connectivity index (χ4v) is 3.68. The van der Waals surface area contributed by atoms with Crippen LogP contribution in [-0.2, 0) is 30.4 Å². The molecular weight excluding hydrogens is 383 g/mol. The Kier molecular flexibility index (Phi) is 5.68. The van der Waals surface area contributed by atoms with E-state index in [2.05, 4.69) is 0 Å². The van der Waals surface area contributed by atoms with Crippen LogP contribution in [-0.4, -0.2) is 38.9 Å². The van der Waals surface area contributed by atoms with Gasteiger partial charge in [0.1, 0.15) is 4.90 Å². The van der Waals surface area contributed by atoms with Crippen molar-refractivity contribution >= 4 is 41.1 Å².